The average Bonchev–Trinajstić information content (AvgIpc) is 2.38. The number of nitrogens with one attached hydrogen (secondary N) is 1. The Morgan fingerprint density at radius 2 is 2.06 bits per heavy atom. The SMILES string of the molecule is COc1ccc(CNC2(C)CCCCC2)cn1. The molecule has 0 spiro atoms. The summed E-state index contributed by atoms with van der Waals surface area (Å²) in [4.78, 5) is 4.22. The number of pyridine rings is 1. The molecule has 1 saturated carbocycles. The van der Waals surface area contributed by atoms with Gasteiger partial charge in [-0.1, -0.05) is 25.3 Å². The Hall–Kier alpha value is -1.09. The van der Waals surface area contributed by atoms with E-state index in [4.69, 9.17) is 4.74 Å². The van der Waals surface area contributed by atoms with E-state index in [9.17, 15) is 0 Å². The number of hydrogen-bond donors (Lipinski definition) is 1. The minimum Gasteiger partial charge on any atom is -0.481 e. The van der Waals surface area contributed by atoms with Crippen molar-refractivity contribution in [2.24, 2.45) is 0 Å². The Bertz CT molecular complexity index is 342. The van der Waals surface area contributed by atoms with Gasteiger partial charge in [-0.15, -0.1) is 0 Å². The van der Waals surface area contributed by atoms with Gasteiger partial charge in [0.2, 0.25) is 5.88 Å². The molecule has 1 heterocycles. The van der Waals surface area contributed by atoms with E-state index in [0.29, 0.717) is 11.4 Å². The number of hydrogen-bond acceptors (Lipinski definition) is 3. The molecule has 1 aliphatic rings. The van der Waals surface area contributed by atoms with E-state index in [2.05, 4.69) is 23.3 Å². The highest BCUT2D eigenvalue weighted by Crippen LogP contribution is 2.27. The van der Waals surface area contributed by atoms with E-state index >= 15 is 0 Å². The Morgan fingerprint density at radius 1 is 1.29 bits per heavy atom. The summed E-state index contributed by atoms with van der Waals surface area (Å²) in [6, 6.07) is 3.99. The molecule has 3 heteroatoms. The van der Waals surface area contributed by atoms with Gasteiger partial charge in [0.25, 0.3) is 0 Å². The fourth-order valence-corrected chi connectivity index (χ4v) is 2.46. The molecule has 94 valence electrons. The van der Waals surface area contributed by atoms with Crippen molar-refractivity contribution in [2.45, 2.75) is 51.1 Å². The van der Waals surface area contributed by atoms with Gasteiger partial charge in [0.05, 0.1) is 7.11 Å². The predicted molar refractivity (Wildman–Crippen MR) is 69.1 cm³/mol. The van der Waals surface area contributed by atoms with Crippen molar-refractivity contribution in [3.63, 3.8) is 0 Å². The number of rotatable bonds is 4. The van der Waals surface area contributed by atoms with Gasteiger partial charge in [-0.25, -0.2) is 4.98 Å². The van der Waals surface area contributed by atoms with E-state index in [1.165, 1.54) is 37.7 Å². The third-order valence-electron chi connectivity index (χ3n) is 3.68. The van der Waals surface area contributed by atoms with Crippen LogP contribution in [0.3, 0.4) is 0 Å². The molecular formula is C14H22N2O. The minimum atomic E-state index is 0.318. The van der Waals surface area contributed by atoms with E-state index < -0.39 is 0 Å². The number of methoxy groups -OCH3 is 1. The molecule has 0 saturated heterocycles. The maximum atomic E-state index is 5.05. The van der Waals surface area contributed by atoms with Crippen LogP contribution in [-0.4, -0.2) is 17.6 Å². The highest BCUT2D eigenvalue weighted by Gasteiger charge is 2.25. The highest BCUT2D eigenvalue weighted by atomic mass is 16.5. The van der Waals surface area contributed by atoms with Gasteiger partial charge in [0, 0.05) is 24.3 Å². The standard InChI is InChI=1S/C14H22N2O/c1-14(8-4-3-5-9-14)16-11-12-6-7-13(17-2)15-10-12/h6-7,10,16H,3-5,8-9,11H2,1-2H3. The van der Waals surface area contributed by atoms with Crippen molar-refractivity contribution in [3.05, 3.63) is 23.9 Å². The first-order chi connectivity index (χ1) is 8.22. The van der Waals surface area contributed by atoms with Crippen LogP contribution >= 0.6 is 0 Å². The lowest BCUT2D eigenvalue weighted by molar-refractivity contribution is 0.252. The number of aromatic nitrogens is 1. The van der Waals surface area contributed by atoms with Crippen LogP contribution in [0.2, 0.25) is 0 Å². The second-order valence-electron chi connectivity index (χ2n) is 5.18. The molecule has 2 rings (SSSR count). The van der Waals surface area contributed by atoms with E-state index in [1.54, 1.807) is 7.11 Å². The molecule has 1 aromatic heterocycles. The Labute approximate surface area is 104 Å². The van der Waals surface area contributed by atoms with Gasteiger partial charge in [0.15, 0.2) is 0 Å². The Balaban J connectivity index is 1.87. The summed E-state index contributed by atoms with van der Waals surface area (Å²) in [5.74, 6) is 0.678. The van der Waals surface area contributed by atoms with Crippen molar-refractivity contribution in [1.82, 2.24) is 10.3 Å². The van der Waals surface area contributed by atoms with Crippen LogP contribution in [0.5, 0.6) is 5.88 Å². The smallest absolute Gasteiger partial charge is 0.212 e. The molecule has 0 unspecified atom stereocenters. The molecule has 0 amide bonds. The predicted octanol–water partition coefficient (Wildman–Crippen LogP) is 2.90. The lowest BCUT2D eigenvalue weighted by Gasteiger charge is -2.34. The lowest BCUT2D eigenvalue weighted by atomic mass is 9.83. The van der Waals surface area contributed by atoms with Crippen molar-refractivity contribution in [2.75, 3.05) is 7.11 Å². The maximum Gasteiger partial charge on any atom is 0.212 e. The monoisotopic (exact) mass is 234 g/mol. The van der Waals surface area contributed by atoms with E-state index in [0.717, 1.165) is 6.54 Å². The lowest BCUT2D eigenvalue weighted by Crippen LogP contribution is -2.43. The second-order valence-corrected chi connectivity index (χ2v) is 5.18. The largest absolute Gasteiger partial charge is 0.481 e. The molecule has 0 atom stereocenters. The molecular weight excluding hydrogens is 212 g/mol. The van der Waals surface area contributed by atoms with Gasteiger partial charge in [0.1, 0.15) is 0 Å². The molecule has 0 radical (unpaired) electrons. The van der Waals surface area contributed by atoms with Crippen LogP contribution in [-0.2, 0) is 6.54 Å². The third kappa shape index (κ3) is 3.43. The zero-order valence-corrected chi connectivity index (χ0v) is 10.8. The van der Waals surface area contributed by atoms with Crippen molar-refractivity contribution in [1.29, 1.82) is 0 Å². The van der Waals surface area contributed by atoms with Gasteiger partial charge < -0.3 is 10.1 Å². The summed E-state index contributed by atoms with van der Waals surface area (Å²) >= 11 is 0. The second kappa shape index (κ2) is 5.50. The molecule has 3 nitrogen and oxygen atoms in total. The van der Waals surface area contributed by atoms with Crippen LogP contribution in [0.25, 0.3) is 0 Å². The molecule has 0 bridgehead atoms. The normalized spacial score (nSPS) is 18.9. The minimum absolute atomic E-state index is 0.318. The summed E-state index contributed by atoms with van der Waals surface area (Å²) in [5, 5.41) is 3.67. The van der Waals surface area contributed by atoms with E-state index in [-0.39, 0.29) is 0 Å². The van der Waals surface area contributed by atoms with Crippen LogP contribution in [0, 0.1) is 0 Å². The van der Waals surface area contributed by atoms with Crippen molar-refractivity contribution >= 4 is 0 Å². The zero-order valence-electron chi connectivity index (χ0n) is 10.8. The van der Waals surface area contributed by atoms with E-state index in [1.807, 2.05) is 12.3 Å². The molecule has 1 aromatic rings. The van der Waals surface area contributed by atoms with Gasteiger partial charge in [-0.2, -0.15) is 0 Å². The summed E-state index contributed by atoms with van der Waals surface area (Å²) in [5.41, 5.74) is 1.54. The highest BCUT2D eigenvalue weighted by molar-refractivity contribution is 5.17. The fourth-order valence-electron chi connectivity index (χ4n) is 2.46. The fraction of sp³-hybridized carbons (Fsp3) is 0.643. The summed E-state index contributed by atoms with van der Waals surface area (Å²) in [6.07, 6.45) is 8.56. The molecule has 17 heavy (non-hydrogen) atoms. The average molecular weight is 234 g/mol. The first-order valence-corrected chi connectivity index (χ1v) is 6.46. The molecule has 0 aliphatic heterocycles. The first kappa shape index (κ1) is 12.4. The summed E-state index contributed by atoms with van der Waals surface area (Å²) in [7, 11) is 1.64. The third-order valence-corrected chi connectivity index (χ3v) is 3.68. The van der Waals surface area contributed by atoms with Gasteiger partial charge >= 0.3 is 0 Å². The summed E-state index contributed by atoms with van der Waals surface area (Å²) < 4.78 is 5.05. The van der Waals surface area contributed by atoms with Gasteiger partial charge in [-0.05, 0) is 25.3 Å². The van der Waals surface area contributed by atoms with Crippen molar-refractivity contribution < 1.29 is 4.74 Å². The topological polar surface area (TPSA) is 34.1 Å². The molecule has 1 fully saturated rings. The zero-order chi connectivity index (χ0) is 12.1. The quantitative estimate of drug-likeness (QED) is 0.869. The Morgan fingerprint density at radius 3 is 2.65 bits per heavy atom. The van der Waals surface area contributed by atoms with Crippen LogP contribution in [0.1, 0.15) is 44.6 Å². The molecule has 1 N–H and O–H groups in total. The van der Waals surface area contributed by atoms with Crippen LogP contribution < -0.4 is 10.1 Å². The first-order valence-electron chi connectivity index (χ1n) is 6.46. The van der Waals surface area contributed by atoms with Crippen molar-refractivity contribution in [3.8, 4) is 5.88 Å². The number of ether oxygens (including phenoxy) is 1. The molecule has 1 aliphatic carbocycles. The van der Waals surface area contributed by atoms with Crippen LogP contribution in [0.15, 0.2) is 18.3 Å². The Kier molecular flexibility index (Phi) is 4.00. The number of nitrogens with zero attached hydrogens (tertiary/aromatic N) is 1. The summed E-state index contributed by atoms with van der Waals surface area (Å²) in [6.45, 7) is 3.23. The molecule has 0 aromatic carbocycles. The van der Waals surface area contributed by atoms with Crippen LogP contribution in [0.4, 0.5) is 0 Å². The van der Waals surface area contributed by atoms with Gasteiger partial charge in [-0.3, -0.25) is 0 Å². The maximum absolute atomic E-state index is 5.05.